The molecule has 6 saturated carbocycles. The zero-order chi connectivity index (χ0) is 29.7. The van der Waals surface area contributed by atoms with E-state index in [1.165, 1.54) is 0 Å². The van der Waals surface area contributed by atoms with Gasteiger partial charge in [0, 0.05) is 5.41 Å². The Hall–Kier alpha value is -0.710. The molecule has 232 valence electrons. The lowest BCUT2D eigenvalue weighted by atomic mass is 9.45. The lowest BCUT2D eigenvalue weighted by Gasteiger charge is -2.61. The number of rotatable bonds is 8. The van der Waals surface area contributed by atoms with E-state index >= 15 is 0 Å². The molecule has 0 aromatic heterocycles. The van der Waals surface area contributed by atoms with Gasteiger partial charge in [0.15, 0.2) is 5.41 Å². The minimum absolute atomic E-state index is 0.0236. The van der Waals surface area contributed by atoms with E-state index in [2.05, 4.69) is 0 Å². The Morgan fingerprint density at radius 3 is 1.68 bits per heavy atom. The molecule has 6 fully saturated rings. The molecule has 40 heavy (non-hydrogen) atoms. The van der Waals surface area contributed by atoms with Crippen LogP contribution in [0.5, 0.6) is 0 Å². The molecule has 0 saturated heterocycles. The topological polar surface area (TPSA) is 29.5 Å². The average molecular weight is 593 g/mol. The van der Waals surface area contributed by atoms with Crippen molar-refractivity contribution in [2.75, 3.05) is 0 Å². The van der Waals surface area contributed by atoms with Gasteiger partial charge in [-0.05, 0) is 132 Å². The van der Waals surface area contributed by atoms with Crippen molar-refractivity contribution in [2.24, 2.45) is 63.6 Å². The molecule has 0 aromatic carbocycles. The van der Waals surface area contributed by atoms with Crippen LogP contribution < -0.4 is 0 Å². The molecule has 6 aliphatic carbocycles. The molecule has 0 radical (unpaired) electrons. The number of fused-ring (bicyclic) bond motifs is 2. The van der Waals surface area contributed by atoms with Crippen LogP contribution in [-0.2, 0) is 4.89 Å². The van der Waals surface area contributed by atoms with Crippen LogP contribution in [0.4, 0.5) is 39.5 Å². The normalized spacial score (nSPS) is 41.9. The van der Waals surface area contributed by atoms with Crippen LogP contribution in [-0.4, -0.2) is 29.9 Å². The molecule has 11 heteroatoms. The second-order valence-electron chi connectivity index (χ2n) is 14.9. The standard InChI is InChI=1S/C29H41F9O2/c1-15-19-9-20(14-25(3,28(33,34)35)29(36,37)38)22(10-19)21(15)4-5-24(2,27(30,31)32)23(40-39)26-11-16-6-17(12-26)8-18(7-16)13-26/h15-23,39H,4-14H2,1-3H3. The molecule has 1 N–H and O–H groups in total. The van der Waals surface area contributed by atoms with Gasteiger partial charge in [-0.3, -0.25) is 5.26 Å². The van der Waals surface area contributed by atoms with Gasteiger partial charge >= 0.3 is 18.5 Å². The van der Waals surface area contributed by atoms with Gasteiger partial charge in [-0.25, -0.2) is 4.89 Å². The highest BCUT2D eigenvalue weighted by Crippen LogP contribution is 2.67. The maximum absolute atomic E-state index is 14.9. The van der Waals surface area contributed by atoms with Gasteiger partial charge in [0.1, 0.15) is 6.10 Å². The highest BCUT2D eigenvalue weighted by molar-refractivity contribution is 5.10. The Balaban J connectivity index is 1.37. The molecule has 2 nitrogen and oxygen atoms in total. The summed E-state index contributed by atoms with van der Waals surface area (Å²) < 4.78 is 127. The third-order valence-corrected chi connectivity index (χ3v) is 12.6. The summed E-state index contributed by atoms with van der Waals surface area (Å²) in [5.74, 6) is -0.977. The van der Waals surface area contributed by atoms with Crippen LogP contribution >= 0.6 is 0 Å². The summed E-state index contributed by atoms with van der Waals surface area (Å²) in [5.41, 5.74) is -7.04. The fourth-order valence-corrected chi connectivity index (χ4v) is 10.8. The molecule has 0 heterocycles. The predicted octanol–water partition coefficient (Wildman–Crippen LogP) is 9.84. The fraction of sp³-hybridized carbons (Fsp3) is 1.00. The highest BCUT2D eigenvalue weighted by atomic mass is 19.4. The maximum atomic E-state index is 14.9. The van der Waals surface area contributed by atoms with Crippen molar-refractivity contribution in [1.82, 2.24) is 0 Å². The van der Waals surface area contributed by atoms with Gasteiger partial charge in [-0.1, -0.05) is 6.92 Å². The lowest BCUT2D eigenvalue weighted by molar-refractivity contribution is -0.383. The SMILES string of the molecule is CC1C2CC(CC(C)(C(F)(F)F)C(F)(F)F)C(C2)C1CCC(C)(C(OO)C12CC3CC(CC(C3)C1)C2)C(F)(F)F. The minimum Gasteiger partial charge on any atom is -0.251 e. The lowest BCUT2D eigenvalue weighted by Crippen LogP contribution is -2.60. The van der Waals surface area contributed by atoms with Crippen molar-refractivity contribution in [2.45, 2.75) is 116 Å². The summed E-state index contributed by atoms with van der Waals surface area (Å²) in [4.78, 5) is 4.82. The van der Waals surface area contributed by atoms with Gasteiger partial charge in [0.25, 0.3) is 0 Å². The first-order valence-corrected chi connectivity index (χ1v) is 14.7. The van der Waals surface area contributed by atoms with Gasteiger partial charge < -0.3 is 0 Å². The second kappa shape index (κ2) is 9.65. The Bertz CT molecular complexity index is 892. The van der Waals surface area contributed by atoms with Crippen molar-refractivity contribution >= 4 is 0 Å². The summed E-state index contributed by atoms with van der Waals surface area (Å²) in [6, 6.07) is 0. The zero-order valence-electron chi connectivity index (χ0n) is 23.2. The smallest absolute Gasteiger partial charge is 0.251 e. The summed E-state index contributed by atoms with van der Waals surface area (Å²) >= 11 is 0. The average Bonchev–Trinajstić information content (AvgIpc) is 3.32. The second-order valence-corrected chi connectivity index (χ2v) is 14.9. The first kappa shape index (κ1) is 30.7. The van der Waals surface area contributed by atoms with E-state index in [0.29, 0.717) is 43.4 Å². The van der Waals surface area contributed by atoms with Gasteiger partial charge in [0.2, 0.25) is 0 Å². The maximum Gasteiger partial charge on any atom is 0.402 e. The summed E-state index contributed by atoms with van der Waals surface area (Å²) in [6.07, 6.45) is -13.2. The zero-order valence-corrected chi connectivity index (χ0v) is 23.2. The number of hydrogen-bond acceptors (Lipinski definition) is 2. The van der Waals surface area contributed by atoms with Crippen molar-refractivity contribution in [3.63, 3.8) is 0 Å². The van der Waals surface area contributed by atoms with Crippen molar-refractivity contribution in [3.8, 4) is 0 Å². The molecule has 7 atom stereocenters. The number of alkyl halides is 9. The summed E-state index contributed by atoms with van der Waals surface area (Å²) in [5, 5.41) is 10.0. The first-order valence-electron chi connectivity index (χ1n) is 14.7. The molecule has 0 aromatic rings. The molecular weight excluding hydrogens is 551 g/mol. The first-order chi connectivity index (χ1) is 18.2. The van der Waals surface area contributed by atoms with Gasteiger partial charge in [-0.2, -0.15) is 39.5 Å². The van der Waals surface area contributed by atoms with E-state index in [-0.39, 0.29) is 38.0 Å². The molecule has 0 amide bonds. The Morgan fingerprint density at radius 1 is 0.775 bits per heavy atom. The quantitative estimate of drug-likeness (QED) is 0.173. The number of halogens is 9. The monoisotopic (exact) mass is 592 g/mol. The molecule has 0 spiro atoms. The Morgan fingerprint density at radius 2 is 1.27 bits per heavy atom. The van der Waals surface area contributed by atoms with Crippen molar-refractivity contribution < 1.29 is 49.7 Å². The minimum atomic E-state index is -5.48. The molecular formula is C29H41F9O2. The van der Waals surface area contributed by atoms with E-state index < -0.39 is 65.1 Å². The third kappa shape index (κ3) is 4.69. The van der Waals surface area contributed by atoms with Crippen LogP contribution in [0.2, 0.25) is 0 Å². The van der Waals surface area contributed by atoms with Crippen molar-refractivity contribution in [3.05, 3.63) is 0 Å². The van der Waals surface area contributed by atoms with E-state index in [4.69, 9.17) is 4.89 Å². The van der Waals surface area contributed by atoms with Crippen LogP contribution in [0.25, 0.3) is 0 Å². The van der Waals surface area contributed by atoms with Crippen LogP contribution in [0.3, 0.4) is 0 Å². The molecule has 6 aliphatic rings. The summed E-state index contributed by atoms with van der Waals surface area (Å²) in [7, 11) is 0. The molecule has 0 aliphatic heterocycles. The fourth-order valence-electron chi connectivity index (χ4n) is 10.8. The van der Waals surface area contributed by atoms with Crippen LogP contribution in [0.1, 0.15) is 91.4 Å². The Kier molecular flexibility index (Phi) is 7.41. The largest absolute Gasteiger partial charge is 0.402 e. The Labute approximate surface area is 229 Å². The summed E-state index contributed by atoms with van der Waals surface area (Å²) in [6.45, 7) is 3.15. The third-order valence-electron chi connectivity index (χ3n) is 12.6. The van der Waals surface area contributed by atoms with Crippen LogP contribution in [0, 0.1) is 63.6 Å². The van der Waals surface area contributed by atoms with E-state index in [1.54, 1.807) is 0 Å². The molecule has 6 bridgehead atoms. The molecule has 6 rings (SSSR count). The highest BCUT2D eigenvalue weighted by Gasteiger charge is 2.70. The van der Waals surface area contributed by atoms with Crippen LogP contribution in [0.15, 0.2) is 0 Å². The van der Waals surface area contributed by atoms with E-state index in [1.807, 2.05) is 6.92 Å². The van der Waals surface area contributed by atoms with Gasteiger partial charge in [0.05, 0.1) is 5.41 Å². The number of hydrogen-bond donors (Lipinski definition) is 1. The van der Waals surface area contributed by atoms with Gasteiger partial charge in [-0.15, -0.1) is 0 Å². The molecule has 7 unspecified atom stereocenters. The van der Waals surface area contributed by atoms with Crippen molar-refractivity contribution in [1.29, 1.82) is 0 Å². The van der Waals surface area contributed by atoms with E-state index in [9.17, 15) is 44.8 Å². The van der Waals surface area contributed by atoms with E-state index in [0.717, 1.165) is 26.2 Å². The predicted molar refractivity (Wildman–Crippen MR) is 129 cm³/mol.